The molecule has 7 heteroatoms. The van der Waals surface area contributed by atoms with Gasteiger partial charge in [-0.3, -0.25) is 0 Å². The molecule has 3 rings (SSSR count). The van der Waals surface area contributed by atoms with Crippen LogP contribution in [-0.2, 0) is 0 Å². The topological polar surface area (TPSA) is 92.3 Å². The van der Waals surface area contributed by atoms with Crippen LogP contribution in [0.15, 0.2) is 49.2 Å². The Hall–Kier alpha value is -3.27. The highest BCUT2D eigenvalue weighted by molar-refractivity contribution is 5.54. The number of anilines is 2. The van der Waals surface area contributed by atoms with Gasteiger partial charge in [-0.2, -0.15) is 10.4 Å². The number of hydrogen-bond donors (Lipinski definition) is 1. The van der Waals surface area contributed by atoms with Crippen LogP contribution < -0.4 is 5.32 Å². The van der Waals surface area contributed by atoms with Gasteiger partial charge in [0.05, 0.1) is 23.6 Å². The standard InChI is InChI=1S/C13H9N7/c14-6-10-2-3-12(17-7-10)19-11-8-18-20(9-11)13-15-4-1-5-16-13/h1-5,7-9H,(H,17,19). The molecule has 0 spiro atoms. The van der Waals surface area contributed by atoms with Crippen molar-refractivity contribution < 1.29 is 0 Å². The molecule has 3 aromatic rings. The Morgan fingerprint density at radius 2 is 1.95 bits per heavy atom. The average Bonchev–Trinajstić information content (AvgIpc) is 2.97. The van der Waals surface area contributed by atoms with Crippen LogP contribution in [0, 0.1) is 11.3 Å². The maximum absolute atomic E-state index is 8.71. The van der Waals surface area contributed by atoms with E-state index in [1.165, 1.54) is 6.20 Å². The molecule has 0 radical (unpaired) electrons. The second-order valence-electron chi connectivity index (χ2n) is 3.89. The largest absolute Gasteiger partial charge is 0.338 e. The molecule has 0 aliphatic heterocycles. The van der Waals surface area contributed by atoms with Crippen LogP contribution in [0.1, 0.15) is 5.56 Å². The predicted octanol–water partition coefficient (Wildman–Crippen LogP) is 1.67. The minimum atomic E-state index is 0.494. The van der Waals surface area contributed by atoms with Gasteiger partial charge in [0, 0.05) is 18.6 Å². The molecule has 1 N–H and O–H groups in total. The molecular formula is C13H9N7. The van der Waals surface area contributed by atoms with Crippen molar-refractivity contribution in [2.75, 3.05) is 5.32 Å². The third-order valence-corrected chi connectivity index (χ3v) is 2.50. The summed E-state index contributed by atoms with van der Waals surface area (Å²) in [7, 11) is 0. The molecular weight excluding hydrogens is 254 g/mol. The van der Waals surface area contributed by atoms with Crippen molar-refractivity contribution in [3.63, 3.8) is 0 Å². The van der Waals surface area contributed by atoms with E-state index in [1.807, 2.05) is 6.07 Å². The first-order valence-corrected chi connectivity index (χ1v) is 5.80. The van der Waals surface area contributed by atoms with Gasteiger partial charge < -0.3 is 5.32 Å². The molecule has 0 bridgehead atoms. The summed E-state index contributed by atoms with van der Waals surface area (Å²) in [5.41, 5.74) is 1.28. The van der Waals surface area contributed by atoms with Crippen LogP contribution >= 0.6 is 0 Å². The van der Waals surface area contributed by atoms with Crippen LogP contribution in [0.4, 0.5) is 11.5 Å². The third kappa shape index (κ3) is 2.44. The maximum Gasteiger partial charge on any atom is 0.250 e. The Bertz CT molecular complexity index is 740. The molecule has 0 saturated carbocycles. The predicted molar refractivity (Wildman–Crippen MR) is 71.4 cm³/mol. The lowest BCUT2D eigenvalue weighted by Crippen LogP contribution is -1.99. The lowest BCUT2D eigenvalue weighted by atomic mass is 10.3. The minimum absolute atomic E-state index is 0.494. The highest BCUT2D eigenvalue weighted by Crippen LogP contribution is 2.14. The van der Waals surface area contributed by atoms with Gasteiger partial charge in [0.25, 0.3) is 0 Å². The van der Waals surface area contributed by atoms with E-state index < -0.39 is 0 Å². The van der Waals surface area contributed by atoms with E-state index in [2.05, 4.69) is 25.4 Å². The first-order valence-electron chi connectivity index (χ1n) is 5.80. The van der Waals surface area contributed by atoms with Crippen LogP contribution in [-0.4, -0.2) is 24.7 Å². The van der Waals surface area contributed by atoms with Crippen molar-refractivity contribution >= 4 is 11.5 Å². The zero-order valence-electron chi connectivity index (χ0n) is 10.3. The van der Waals surface area contributed by atoms with E-state index >= 15 is 0 Å². The second-order valence-corrected chi connectivity index (χ2v) is 3.89. The lowest BCUT2D eigenvalue weighted by molar-refractivity contribution is 0.808. The Kier molecular flexibility index (Phi) is 3.04. The Balaban J connectivity index is 1.79. The van der Waals surface area contributed by atoms with E-state index in [4.69, 9.17) is 5.26 Å². The molecule has 7 nitrogen and oxygen atoms in total. The number of pyridine rings is 1. The Morgan fingerprint density at radius 1 is 1.10 bits per heavy atom. The van der Waals surface area contributed by atoms with Gasteiger partial charge in [-0.1, -0.05) is 0 Å². The highest BCUT2D eigenvalue weighted by Gasteiger charge is 2.03. The zero-order chi connectivity index (χ0) is 13.8. The van der Waals surface area contributed by atoms with Crippen LogP contribution in [0.2, 0.25) is 0 Å². The van der Waals surface area contributed by atoms with Gasteiger partial charge in [-0.05, 0) is 18.2 Å². The number of nitrogens with one attached hydrogen (secondary N) is 1. The minimum Gasteiger partial charge on any atom is -0.338 e. The highest BCUT2D eigenvalue weighted by atomic mass is 15.3. The first-order chi connectivity index (χ1) is 9.85. The van der Waals surface area contributed by atoms with Crippen molar-refractivity contribution in [2.24, 2.45) is 0 Å². The summed E-state index contributed by atoms with van der Waals surface area (Å²) < 4.78 is 1.56. The van der Waals surface area contributed by atoms with Crippen molar-refractivity contribution in [3.8, 4) is 12.0 Å². The van der Waals surface area contributed by atoms with Crippen molar-refractivity contribution in [2.45, 2.75) is 0 Å². The van der Waals surface area contributed by atoms with Crippen molar-refractivity contribution in [1.82, 2.24) is 24.7 Å². The van der Waals surface area contributed by atoms with Gasteiger partial charge in [0.15, 0.2) is 0 Å². The summed E-state index contributed by atoms with van der Waals surface area (Å²) in [6.45, 7) is 0. The van der Waals surface area contributed by atoms with Crippen molar-refractivity contribution in [1.29, 1.82) is 5.26 Å². The second kappa shape index (κ2) is 5.16. The molecule has 0 aromatic carbocycles. The number of aromatic nitrogens is 5. The lowest BCUT2D eigenvalue weighted by Gasteiger charge is -2.01. The van der Waals surface area contributed by atoms with Crippen LogP contribution in [0.25, 0.3) is 5.95 Å². The molecule has 0 unspecified atom stereocenters. The third-order valence-electron chi connectivity index (χ3n) is 2.50. The molecule has 3 heterocycles. The van der Waals surface area contributed by atoms with E-state index in [1.54, 1.807) is 47.7 Å². The molecule has 0 atom stereocenters. The van der Waals surface area contributed by atoms with E-state index in [9.17, 15) is 0 Å². The van der Waals surface area contributed by atoms with Gasteiger partial charge in [-0.25, -0.2) is 19.6 Å². The summed E-state index contributed by atoms with van der Waals surface area (Å²) in [4.78, 5) is 12.3. The number of rotatable bonds is 3. The van der Waals surface area contributed by atoms with Gasteiger partial charge in [0.2, 0.25) is 5.95 Å². The zero-order valence-corrected chi connectivity index (χ0v) is 10.3. The molecule has 96 valence electrons. The van der Waals surface area contributed by atoms with Gasteiger partial charge in [-0.15, -0.1) is 0 Å². The van der Waals surface area contributed by atoms with E-state index in [-0.39, 0.29) is 0 Å². The molecule has 0 saturated heterocycles. The Labute approximate surface area is 114 Å². The molecule has 0 aliphatic rings. The quantitative estimate of drug-likeness (QED) is 0.772. The fourth-order valence-electron chi connectivity index (χ4n) is 1.59. The molecule has 0 amide bonds. The summed E-state index contributed by atoms with van der Waals surface area (Å²) >= 11 is 0. The normalized spacial score (nSPS) is 9.95. The average molecular weight is 263 g/mol. The van der Waals surface area contributed by atoms with Gasteiger partial charge >= 0.3 is 0 Å². The van der Waals surface area contributed by atoms with Crippen molar-refractivity contribution in [3.05, 3.63) is 54.7 Å². The molecule has 20 heavy (non-hydrogen) atoms. The summed E-state index contributed by atoms with van der Waals surface area (Å²) in [5.74, 6) is 1.13. The van der Waals surface area contributed by atoms with E-state index in [0.717, 1.165) is 5.69 Å². The smallest absolute Gasteiger partial charge is 0.250 e. The first kappa shape index (κ1) is 11.8. The monoisotopic (exact) mass is 263 g/mol. The molecule has 3 aromatic heterocycles. The fraction of sp³-hybridized carbons (Fsp3) is 0. The number of nitrogens with zero attached hydrogens (tertiary/aromatic N) is 6. The van der Waals surface area contributed by atoms with Gasteiger partial charge in [0.1, 0.15) is 11.9 Å². The van der Waals surface area contributed by atoms with Crippen LogP contribution in [0.3, 0.4) is 0 Å². The number of hydrogen-bond acceptors (Lipinski definition) is 6. The van der Waals surface area contributed by atoms with Crippen LogP contribution in [0.5, 0.6) is 0 Å². The number of nitriles is 1. The fourth-order valence-corrected chi connectivity index (χ4v) is 1.59. The molecule has 0 aliphatic carbocycles. The summed E-state index contributed by atoms with van der Waals surface area (Å²) in [5, 5.41) is 16.0. The summed E-state index contributed by atoms with van der Waals surface area (Å²) in [6.07, 6.45) is 8.22. The maximum atomic E-state index is 8.71. The molecule has 0 fully saturated rings. The van der Waals surface area contributed by atoms with E-state index in [0.29, 0.717) is 17.3 Å². The summed E-state index contributed by atoms with van der Waals surface area (Å²) in [6, 6.07) is 7.19. The SMILES string of the molecule is N#Cc1ccc(Nc2cnn(-c3ncccn3)c2)nc1. The Morgan fingerprint density at radius 3 is 2.65 bits per heavy atom.